The van der Waals surface area contributed by atoms with E-state index in [0.717, 1.165) is 27.7 Å². The van der Waals surface area contributed by atoms with Crippen LogP contribution in [0.2, 0.25) is 0 Å². The molecule has 0 saturated carbocycles. The van der Waals surface area contributed by atoms with Crippen molar-refractivity contribution in [1.29, 1.82) is 0 Å². The van der Waals surface area contributed by atoms with Crippen LogP contribution in [0.1, 0.15) is 5.56 Å². The van der Waals surface area contributed by atoms with Gasteiger partial charge in [-0.15, -0.1) is 0 Å². The van der Waals surface area contributed by atoms with Gasteiger partial charge in [0.05, 0.1) is 13.2 Å². The van der Waals surface area contributed by atoms with Gasteiger partial charge in [-0.25, -0.2) is 0 Å². The molecule has 0 aliphatic heterocycles. The molecule has 0 unspecified atom stereocenters. The maximum atomic E-state index is 9.14. The molecular weight excluding hydrogens is 344 g/mol. The zero-order chi connectivity index (χ0) is 19.6. The lowest BCUT2D eigenvalue weighted by atomic mass is 10.1. The molecule has 3 aromatic rings. The lowest BCUT2D eigenvalue weighted by Crippen LogP contribution is -2.10. The third-order valence-corrected chi connectivity index (χ3v) is 4.00. The van der Waals surface area contributed by atoms with Gasteiger partial charge in [-0.2, -0.15) is 0 Å². The Hall–Kier alpha value is -2.96. The zero-order valence-electron chi connectivity index (χ0n) is 15.3. The van der Waals surface area contributed by atoms with Crippen molar-refractivity contribution in [2.45, 2.75) is 6.92 Å². The van der Waals surface area contributed by atoms with E-state index in [9.17, 15) is 0 Å². The van der Waals surface area contributed by atoms with Gasteiger partial charge >= 0.3 is 0 Å². The highest BCUT2D eigenvalue weighted by Crippen LogP contribution is 2.24. The van der Waals surface area contributed by atoms with E-state index in [-0.39, 0.29) is 24.7 Å². The molecule has 0 heterocycles. The Morgan fingerprint density at radius 3 is 1.63 bits per heavy atom. The summed E-state index contributed by atoms with van der Waals surface area (Å²) in [7, 11) is 0. The van der Waals surface area contributed by atoms with Gasteiger partial charge in [-0.3, -0.25) is 0 Å². The highest BCUT2D eigenvalue weighted by molar-refractivity contribution is 5.85. The van der Waals surface area contributed by atoms with Crippen molar-refractivity contribution in [1.82, 2.24) is 0 Å². The van der Waals surface area contributed by atoms with Crippen LogP contribution in [0.5, 0.6) is 11.5 Å². The van der Waals surface area contributed by atoms with Gasteiger partial charge in [0.2, 0.25) is 0 Å². The van der Waals surface area contributed by atoms with E-state index < -0.39 is 0 Å². The normalized spacial score (nSPS) is 10.2. The molecule has 0 bridgehead atoms. The van der Waals surface area contributed by atoms with Crippen molar-refractivity contribution in [2.75, 3.05) is 36.9 Å². The molecule has 0 fully saturated rings. The highest BCUT2D eigenvalue weighted by atomic mass is 16.3. The van der Waals surface area contributed by atoms with Gasteiger partial charge in [0, 0.05) is 24.5 Å². The van der Waals surface area contributed by atoms with Crippen LogP contribution in [0, 0.1) is 6.92 Å². The van der Waals surface area contributed by atoms with Gasteiger partial charge in [0.25, 0.3) is 0 Å². The number of anilines is 2. The number of hydrogen-bond donors (Lipinski definition) is 6. The van der Waals surface area contributed by atoms with Crippen LogP contribution in [-0.4, -0.2) is 46.7 Å². The Morgan fingerprint density at radius 2 is 1.19 bits per heavy atom. The highest BCUT2D eigenvalue weighted by Gasteiger charge is 2.02. The Labute approximate surface area is 158 Å². The minimum atomic E-state index is 0.119. The maximum absolute atomic E-state index is 9.14. The molecule has 6 nitrogen and oxygen atoms in total. The van der Waals surface area contributed by atoms with Crippen molar-refractivity contribution in [3.63, 3.8) is 0 Å². The number of aliphatic hydroxyl groups is 2. The van der Waals surface area contributed by atoms with Crippen molar-refractivity contribution in [3.8, 4) is 11.5 Å². The molecule has 27 heavy (non-hydrogen) atoms. The zero-order valence-corrected chi connectivity index (χ0v) is 15.3. The summed E-state index contributed by atoms with van der Waals surface area (Å²) in [6.07, 6.45) is 0. The molecule has 144 valence electrons. The average molecular weight is 370 g/mol. The molecule has 0 atom stereocenters. The number of aliphatic hydroxyl groups excluding tert-OH is 2. The molecule has 0 saturated heterocycles. The van der Waals surface area contributed by atoms with Crippen LogP contribution >= 0.6 is 0 Å². The number of phenolic OH excluding ortho intramolecular Hbond substituents is 2. The van der Waals surface area contributed by atoms with Gasteiger partial charge in [-0.05, 0) is 59.7 Å². The molecule has 6 heteroatoms. The van der Waals surface area contributed by atoms with Gasteiger partial charge in [0.15, 0.2) is 0 Å². The van der Waals surface area contributed by atoms with Gasteiger partial charge < -0.3 is 31.1 Å². The predicted molar refractivity (Wildman–Crippen MR) is 110 cm³/mol. The first kappa shape index (κ1) is 20.4. The predicted octanol–water partition coefficient (Wildman–Crippen LogP) is 3.05. The van der Waals surface area contributed by atoms with E-state index >= 15 is 0 Å². The second-order valence-corrected chi connectivity index (χ2v) is 5.99. The lowest BCUT2D eigenvalue weighted by Gasteiger charge is -2.13. The Balaban J connectivity index is 0.000000198. The molecule has 6 N–H and O–H groups in total. The number of hydrogen-bond acceptors (Lipinski definition) is 6. The maximum Gasteiger partial charge on any atom is 0.116 e. The molecular formula is C21H26N2O4. The quantitative estimate of drug-likeness (QED) is 0.398. The molecule has 0 amide bonds. The summed E-state index contributed by atoms with van der Waals surface area (Å²) in [6, 6.07) is 16.0. The molecule has 0 radical (unpaired) electrons. The summed E-state index contributed by atoms with van der Waals surface area (Å²) in [5.74, 6) is 0.432. The van der Waals surface area contributed by atoms with E-state index in [2.05, 4.69) is 10.6 Å². The van der Waals surface area contributed by atoms with E-state index in [1.807, 2.05) is 37.3 Å². The molecule has 0 aromatic heterocycles. The van der Waals surface area contributed by atoms with Crippen molar-refractivity contribution < 1.29 is 20.4 Å². The first-order valence-corrected chi connectivity index (χ1v) is 8.76. The fourth-order valence-corrected chi connectivity index (χ4v) is 2.62. The topological polar surface area (TPSA) is 105 Å². The fourth-order valence-electron chi connectivity index (χ4n) is 2.62. The van der Waals surface area contributed by atoms with E-state index in [1.54, 1.807) is 24.3 Å². The monoisotopic (exact) mass is 370 g/mol. The number of phenols is 2. The van der Waals surface area contributed by atoms with Crippen LogP contribution in [0.3, 0.4) is 0 Å². The Morgan fingerprint density at radius 1 is 0.704 bits per heavy atom. The third-order valence-electron chi connectivity index (χ3n) is 4.00. The van der Waals surface area contributed by atoms with Crippen LogP contribution in [0.25, 0.3) is 10.8 Å². The summed E-state index contributed by atoms with van der Waals surface area (Å²) in [6.45, 7) is 3.33. The van der Waals surface area contributed by atoms with Crippen molar-refractivity contribution in [2.24, 2.45) is 0 Å². The number of rotatable bonds is 6. The van der Waals surface area contributed by atoms with Crippen molar-refractivity contribution >= 4 is 22.1 Å². The number of nitrogens with one attached hydrogen (secondary N) is 2. The minimum Gasteiger partial charge on any atom is -0.508 e. The average Bonchev–Trinajstić information content (AvgIpc) is 2.66. The van der Waals surface area contributed by atoms with Crippen molar-refractivity contribution in [3.05, 3.63) is 60.2 Å². The minimum absolute atomic E-state index is 0.119. The van der Waals surface area contributed by atoms with Gasteiger partial charge in [-0.1, -0.05) is 18.2 Å². The number of fused-ring (bicyclic) bond motifs is 1. The summed E-state index contributed by atoms with van der Waals surface area (Å²) >= 11 is 0. The van der Waals surface area contributed by atoms with Crippen LogP contribution < -0.4 is 10.6 Å². The lowest BCUT2D eigenvalue weighted by molar-refractivity contribution is 0.311. The summed E-state index contributed by atoms with van der Waals surface area (Å²) < 4.78 is 0. The molecule has 3 rings (SSSR count). The van der Waals surface area contributed by atoms with Crippen LogP contribution in [0.4, 0.5) is 11.4 Å². The SMILES string of the molecule is Cc1c(NCCO)cccc1NCCO.Oc1ccc2ccc(O)cc2c1. The molecule has 0 aliphatic carbocycles. The molecule has 0 aliphatic rings. The second kappa shape index (κ2) is 10.3. The van der Waals surface area contributed by atoms with E-state index in [0.29, 0.717) is 13.1 Å². The van der Waals surface area contributed by atoms with E-state index in [4.69, 9.17) is 20.4 Å². The number of benzene rings is 3. The Kier molecular flexibility index (Phi) is 7.73. The Bertz CT molecular complexity index is 805. The number of aromatic hydroxyl groups is 2. The first-order valence-electron chi connectivity index (χ1n) is 8.76. The summed E-state index contributed by atoms with van der Waals surface area (Å²) in [5, 5.41) is 43.8. The van der Waals surface area contributed by atoms with Crippen LogP contribution in [0.15, 0.2) is 54.6 Å². The molecule has 3 aromatic carbocycles. The van der Waals surface area contributed by atoms with Crippen LogP contribution in [-0.2, 0) is 0 Å². The second-order valence-electron chi connectivity index (χ2n) is 5.99. The van der Waals surface area contributed by atoms with Gasteiger partial charge in [0.1, 0.15) is 11.5 Å². The standard InChI is InChI=1S/C11H18N2O2.C10H8O2/c1-9-10(12-5-7-14)3-2-4-11(9)13-6-8-15;11-9-3-1-7-2-4-10(12)6-8(7)5-9/h2-4,12-15H,5-8H2,1H3;1-6,11-12H. The smallest absolute Gasteiger partial charge is 0.116 e. The summed E-state index contributed by atoms with van der Waals surface area (Å²) in [4.78, 5) is 0. The largest absolute Gasteiger partial charge is 0.508 e. The first-order chi connectivity index (χ1) is 13.0. The van der Waals surface area contributed by atoms with E-state index in [1.165, 1.54) is 0 Å². The fraction of sp³-hybridized carbons (Fsp3) is 0.238. The molecule has 0 spiro atoms. The summed E-state index contributed by atoms with van der Waals surface area (Å²) in [5.41, 5.74) is 3.11. The third kappa shape index (κ3) is 6.06.